The normalized spacial score (nSPS) is 12.1. The second-order valence-corrected chi connectivity index (χ2v) is 12.3. The summed E-state index contributed by atoms with van der Waals surface area (Å²) in [6, 6.07) is 58.2. The Morgan fingerprint density at radius 1 is 0.500 bits per heavy atom. The summed E-state index contributed by atoms with van der Waals surface area (Å²) >= 11 is 0. The van der Waals surface area contributed by atoms with E-state index in [1.54, 1.807) is 0 Å². The standard InChI is InChI=1S/C44H28N4/c1-2-14-32-28-45-42(27-30(32)13-1)48-40-22-9-5-18-35(40)43-34-17-4-8-21-39(34)47(41-23-10-6-19-36(41)44(43)48)33-16-11-15-31(26-33)38-25-24-29-12-3-7-20-37(29)46-38/h1-28H. The van der Waals surface area contributed by atoms with Gasteiger partial charge in [0.05, 0.1) is 33.8 Å². The highest BCUT2D eigenvalue weighted by molar-refractivity contribution is 6.13. The van der Waals surface area contributed by atoms with Crippen molar-refractivity contribution < 1.29 is 0 Å². The number of pyridine rings is 2. The maximum Gasteiger partial charge on any atom is 0.138 e. The molecule has 0 radical (unpaired) electrons. The monoisotopic (exact) mass is 612 g/mol. The van der Waals surface area contributed by atoms with Crippen LogP contribution in [0.2, 0.25) is 0 Å². The van der Waals surface area contributed by atoms with Crippen LogP contribution in [0.1, 0.15) is 0 Å². The van der Waals surface area contributed by atoms with Gasteiger partial charge in [0.1, 0.15) is 5.82 Å². The molecule has 4 nitrogen and oxygen atoms in total. The summed E-state index contributed by atoms with van der Waals surface area (Å²) in [6.45, 7) is 0. The molecule has 1 aliphatic rings. The molecule has 9 aromatic rings. The summed E-state index contributed by atoms with van der Waals surface area (Å²) in [5.74, 6) is 0.899. The van der Waals surface area contributed by atoms with E-state index >= 15 is 0 Å². The summed E-state index contributed by atoms with van der Waals surface area (Å²) in [6.07, 6.45) is 1.99. The highest BCUT2D eigenvalue weighted by Gasteiger charge is 2.31. The van der Waals surface area contributed by atoms with Crippen molar-refractivity contribution in [1.29, 1.82) is 0 Å². The van der Waals surface area contributed by atoms with Crippen molar-refractivity contribution in [3.8, 4) is 39.5 Å². The van der Waals surface area contributed by atoms with E-state index in [0.717, 1.165) is 72.6 Å². The molecule has 0 amide bonds. The fourth-order valence-electron chi connectivity index (χ4n) is 7.39. The van der Waals surface area contributed by atoms with Gasteiger partial charge in [-0.2, -0.15) is 0 Å². The van der Waals surface area contributed by atoms with Gasteiger partial charge in [-0.05, 0) is 53.9 Å². The molecular weight excluding hydrogens is 585 g/mol. The molecule has 0 saturated heterocycles. The number of nitrogens with zero attached hydrogens (tertiary/aromatic N) is 4. The molecule has 0 N–H and O–H groups in total. The average Bonchev–Trinajstić information content (AvgIpc) is 3.43. The first kappa shape index (κ1) is 26.7. The Kier molecular flexibility index (Phi) is 5.84. The highest BCUT2D eigenvalue weighted by atomic mass is 15.2. The predicted octanol–water partition coefficient (Wildman–Crippen LogP) is 11.5. The molecule has 0 saturated carbocycles. The third-order valence-corrected chi connectivity index (χ3v) is 9.53. The molecule has 0 aliphatic carbocycles. The van der Waals surface area contributed by atoms with Crippen molar-refractivity contribution in [3.63, 3.8) is 0 Å². The molecule has 0 fully saturated rings. The van der Waals surface area contributed by atoms with Crippen molar-refractivity contribution in [2.75, 3.05) is 4.90 Å². The molecule has 0 bridgehead atoms. The first-order valence-electron chi connectivity index (χ1n) is 16.3. The van der Waals surface area contributed by atoms with E-state index in [1.807, 2.05) is 12.3 Å². The molecule has 0 spiro atoms. The Hall–Kier alpha value is -6.52. The second-order valence-electron chi connectivity index (χ2n) is 12.3. The Morgan fingerprint density at radius 2 is 1.21 bits per heavy atom. The van der Waals surface area contributed by atoms with Gasteiger partial charge in [-0.25, -0.2) is 9.97 Å². The number of hydrogen-bond acceptors (Lipinski definition) is 3. The van der Waals surface area contributed by atoms with Gasteiger partial charge in [-0.15, -0.1) is 0 Å². The van der Waals surface area contributed by atoms with Crippen molar-refractivity contribution in [2.45, 2.75) is 0 Å². The van der Waals surface area contributed by atoms with E-state index < -0.39 is 0 Å². The van der Waals surface area contributed by atoms with Crippen molar-refractivity contribution in [2.24, 2.45) is 0 Å². The summed E-state index contributed by atoms with van der Waals surface area (Å²) in [5.41, 5.74) is 12.1. The van der Waals surface area contributed by atoms with Crippen LogP contribution in [0, 0.1) is 0 Å². The fourth-order valence-corrected chi connectivity index (χ4v) is 7.39. The van der Waals surface area contributed by atoms with Crippen LogP contribution in [-0.2, 0) is 0 Å². The zero-order chi connectivity index (χ0) is 31.6. The van der Waals surface area contributed by atoms with E-state index in [1.165, 1.54) is 16.5 Å². The lowest BCUT2D eigenvalue weighted by Gasteiger charge is -2.28. The van der Waals surface area contributed by atoms with Crippen LogP contribution in [0.5, 0.6) is 0 Å². The van der Waals surface area contributed by atoms with Crippen LogP contribution in [0.25, 0.3) is 72.0 Å². The summed E-state index contributed by atoms with van der Waals surface area (Å²) < 4.78 is 2.35. The lowest BCUT2D eigenvalue weighted by molar-refractivity contribution is 1.06. The molecule has 0 unspecified atom stereocenters. The highest BCUT2D eigenvalue weighted by Crippen LogP contribution is 2.54. The van der Waals surface area contributed by atoms with Gasteiger partial charge in [0.2, 0.25) is 0 Å². The third-order valence-electron chi connectivity index (χ3n) is 9.53. The molecular formula is C44H28N4. The topological polar surface area (TPSA) is 34.0 Å². The zero-order valence-electron chi connectivity index (χ0n) is 26.0. The van der Waals surface area contributed by atoms with E-state index in [4.69, 9.17) is 9.97 Å². The minimum atomic E-state index is 0.899. The smallest absolute Gasteiger partial charge is 0.138 e. The molecule has 48 heavy (non-hydrogen) atoms. The van der Waals surface area contributed by atoms with E-state index in [2.05, 4.69) is 167 Å². The van der Waals surface area contributed by atoms with Crippen LogP contribution in [0.3, 0.4) is 0 Å². The first-order chi connectivity index (χ1) is 23.8. The van der Waals surface area contributed by atoms with Gasteiger partial charge in [0, 0.05) is 50.3 Å². The van der Waals surface area contributed by atoms with Crippen molar-refractivity contribution in [3.05, 3.63) is 170 Å². The molecule has 10 rings (SSSR count). The molecule has 3 aromatic heterocycles. The summed E-state index contributed by atoms with van der Waals surface area (Å²) in [5, 5.41) is 4.62. The molecule has 224 valence electrons. The molecule has 1 aliphatic heterocycles. The van der Waals surface area contributed by atoms with E-state index in [0.29, 0.717) is 0 Å². The molecule has 0 atom stereocenters. The number of rotatable bonds is 3. The van der Waals surface area contributed by atoms with Gasteiger partial charge < -0.3 is 4.90 Å². The number of fused-ring (bicyclic) bond motifs is 9. The third kappa shape index (κ3) is 4.03. The fraction of sp³-hybridized carbons (Fsp3) is 0. The van der Waals surface area contributed by atoms with Crippen LogP contribution < -0.4 is 4.90 Å². The second kappa shape index (κ2) is 10.5. The van der Waals surface area contributed by atoms with Crippen molar-refractivity contribution in [1.82, 2.24) is 14.5 Å². The van der Waals surface area contributed by atoms with E-state index in [-0.39, 0.29) is 0 Å². The zero-order valence-corrected chi connectivity index (χ0v) is 26.0. The average molecular weight is 613 g/mol. The number of hydrogen-bond donors (Lipinski definition) is 0. The van der Waals surface area contributed by atoms with E-state index in [9.17, 15) is 0 Å². The summed E-state index contributed by atoms with van der Waals surface area (Å²) in [4.78, 5) is 12.5. The first-order valence-corrected chi connectivity index (χ1v) is 16.3. The quantitative estimate of drug-likeness (QED) is 0.199. The number of anilines is 3. The van der Waals surface area contributed by atoms with Gasteiger partial charge in [0.15, 0.2) is 0 Å². The number of benzene rings is 6. The lowest BCUT2D eigenvalue weighted by atomic mass is 9.98. The maximum atomic E-state index is 5.05. The van der Waals surface area contributed by atoms with Gasteiger partial charge in [-0.3, -0.25) is 4.57 Å². The van der Waals surface area contributed by atoms with Gasteiger partial charge in [-0.1, -0.05) is 115 Å². The lowest BCUT2D eigenvalue weighted by Crippen LogP contribution is -2.11. The van der Waals surface area contributed by atoms with Gasteiger partial charge >= 0.3 is 0 Å². The largest absolute Gasteiger partial charge is 0.309 e. The molecule has 6 aromatic carbocycles. The Labute approximate surface area is 277 Å². The van der Waals surface area contributed by atoms with Crippen LogP contribution in [0.4, 0.5) is 17.1 Å². The summed E-state index contributed by atoms with van der Waals surface area (Å²) in [7, 11) is 0. The minimum absolute atomic E-state index is 0.899. The molecule has 4 heterocycles. The Balaban J connectivity index is 1.25. The number of para-hydroxylation sites is 4. The van der Waals surface area contributed by atoms with Crippen molar-refractivity contribution >= 4 is 49.6 Å². The molecule has 4 heteroatoms. The van der Waals surface area contributed by atoms with Crippen LogP contribution in [0.15, 0.2) is 170 Å². The van der Waals surface area contributed by atoms with Crippen LogP contribution >= 0.6 is 0 Å². The predicted molar refractivity (Wildman–Crippen MR) is 198 cm³/mol. The van der Waals surface area contributed by atoms with Crippen LogP contribution in [-0.4, -0.2) is 14.5 Å². The Morgan fingerprint density at radius 3 is 2.10 bits per heavy atom. The minimum Gasteiger partial charge on any atom is -0.309 e. The number of aromatic nitrogens is 3. The Bertz CT molecular complexity index is 2700. The SMILES string of the molecule is c1cc(-c2ccc3ccccc3n2)cc(N2c3ccccc3-c3c(n(-c4cc5ccccc5cn4)c4ccccc34)-c3ccccc32)c1. The maximum absolute atomic E-state index is 5.05. The van der Waals surface area contributed by atoms with Gasteiger partial charge in [0.25, 0.3) is 0 Å².